The smallest absolute Gasteiger partial charge is 0.256 e. The van der Waals surface area contributed by atoms with E-state index in [1.165, 1.54) is 0 Å². The third-order valence-corrected chi connectivity index (χ3v) is 3.98. The minimum atomic E-state index is -0.108. The van der Waals surface area contributed by atoms with Crippen LogP contribution in [0.25, 0.3) is 11.6 Å². The van der Waals surface area contributed by atoms with Crippen molar-refractivity contribution in [3.05, 3.63) is 52.0 Å². The van der Waals surface area contributed by atoms with Gasteiger partial charge in [-0.05, 0) is 35.9 Å². The number of halogens is 1. The molecule has 1 aliphatic rings. The molecule has 1 heterocycles. The second-order valence-corrected chi connectivity index (χ2v) is 5.73. The molecule has 4 nitrogen and oxygen atoms in total. The lowest BCUT2D eigenvalue weighted by Gasteiger charge is -2.08. The Morgan fingerprint density at radius 2 is 1.82 bits per heavy atom. The highest BCUT2D eigenvalue weighted by atomic mass is 79.9. The van der Waals surface area contributed by atoms with Crippen LogP contribution in [0.4, 0.5) is 5.69 Å². The summed E-state index contributed by atoms with van der Waals surface area (Å²) in [4.78, 5) is 12.2. The monoisotopic (exact) mass is 359 g/mol. The zero-order chi connectivity index (χ0) is 15.7. The van der Waals surface area contributed by atoms with Gasteiger partial charge in [0, 0.05) is 15.6 Å². The predicted molar refractivity (Wildman–Crippen MR) is 90.2 cm³/mol. The summed E-state index contributed by atoms with van der Waals surface area (Å²) in [5, 5.41) is 2.87. The van der Waals surface area contributed by atoms with Gasteiger partial charge >= 0.3 is 0 Å². The van der Waals surface area contributed by atoms with E-state index in [0.29, 0.717) is 17.1 Å². The van der Waals surface area contributed by atoms with Crippen molar-refractivity contribution in [1.82, 2.24) is 0 Å². The summed E-state index contributed by atoms with van der Waals surface area (Å²) in [7, 11) is 3.18. The molecule has 3 rings (SSSR count). The van der Waals surface area contributed by atoms with Gasteiger partial charge in [0.05, 0.1) is 19.9 Å². The maximum atomic E-state index is 12.2. The third-order valence-electron chi connectivity index (χ3n) is 3.48. The molecule has 1 N–H and O–H groups in total. The molecule has 0 aromatic heterocycles. The molecule has 5 heteroatoms. The lowest BCUT2D eigenvalue weighted by Crippen LogP contribution is -2.03. The number of anilines is 1. The first-order chi connectivity index (χ1) is 10.6. The average Bonchev–Trinajstić information content (AvgIpc) is 2.82. The van der Waals surface area contributed by atoms with Gasteiger partial charge in [-0.3, -0.25) is 4.79 Å². The molecule has 0 radical (unpaired) electrons. The number of fused-ring (bicyclic) bond motifs is 1. The molecule has 1 amide bonds. The highest BCUT2D eigenvalue weighted by Crippen LogP contribution is 2.36. The quantitative estimate of drug-likeness (QED) is 0.843. The first-order valence-corrected chi connectivity index (χ1v) is 7.46. The SMILES string of the molecule is COc1ccc(/C=C2/C(=O)Nc3cc(Br)ccc32)cc1OC. The van der Waals surface area contributed by atoms with Gasteiger partial charge in [-0.25, -0.2) is 0 Å². The van der Waals surface area contributed by atoms with Crippen molar-refractivity contribution in [3.8, 4) is 11.5 Å². The molecule has 2 aromatic rings. The number of carbonyl (C=O) groups excluding carboxylic acids is 1. The van der Waals surface area contributed by atoms with Crippen LogP contribution in [0.1, 0.15) is 11.1 Å². The molecule has 2 aromatic carbocycles. The van der Waals surface area contributed by atoms with Gasteiger partial charge in [-0.2, -0.15) is 0 Å². The van der Waals surface area contributed by atoms with Crippen molar-refractivity contribution in [1.29, 1.82) is 0 Å². The van der Waals surface area contributed by atoms with Crippen LogP contribution < -0.4 is 14.8 Å². The summed E-state index contributed by atoms with van der Waals surface area (Å²) < 4.78 is 11.4. The zero-order valence-electron chi connectivity index (χ0n) is 12.1. The maximum absolute atomic E-state index is 12.2. The number of hydrogen-bond acceptors (Lipinski definition) is 3. The second kappa shape index (κ2) is 5.85. The standard InChI is InChI=1S/C17H14BrNO3/c1-21-15-6-3-10(8-16(15)22-2)7-13-12-5-4-11(18)9-14(12)19-17(13)20/h3-9H,1-2H3,(H,19,20)/b13-7+. The van der Waals surface area contributed by atoms with E-state index in [2.05, 4.69) is 21.2 Å². The fraction of sp³-hybridized carbons (Fsp3) is 0.118. The molecule has 0 bridgehead atoms. The number of amides is 1. The molecule has 0 aliphatic carbocycles. The molecule has 0 fully saturated rings. The van der Waals surface area contributed by atoms with Gasteiger partial charge in [0.25, 0.3) is 5.91 Å². The van der Waals surface area contributed by atoms with Gasteiger partial charge in [-0.1, -0.05) is 28.1 Å². The van der Waals surface area contributed by atoms with Crippen molar-refractivity contribution in [2.75, 3.05) is 19.5 Å². The van der Waals surface area contributed by atoms with E-state index >= 15 is 0 Å². The van der Waals surface area contributed by atoms with E-state index < -0.39 is 0 Å². The van der Waals surface area contributed by atoms with Gasteiger partial charge in [-0.15, -0.1) is 0 Å². The molecule has 0 spiro atoms. The molecule has 1 aliphatic heterocycles. The van der Waals surface area contributed by atoms with Crippen molar-refractivity contribution < 1.29 is 14.3 Å². The van der Waals surface area contributed by atoms with E-state index in [4.69, 9.17) is 9.47 Å². The van der Waals surface area contributed by atoms with Crippen LogP contribution in [0.5, 0.6) is 11.5 Å². The molecule has 0 saturated heterocycles. The summed E-state index contributed by atoms with van der Waals surface area (Å²) in [6.45, 7) is 0. The Kier molecular flexibility index (Phi) is 3.90. The van der Waals surface area contributed by atoms with E-state index in [1.807, 2.05) is 42.5 Å². The van der Waals surface area contributed by atoms with Crippen LogP contribution in [0.2, 0.25) is 0 Å². The number of rotatable bonds is 3. The first-order valence-electron chi connectivity index (χ1n) is 6.67. The van der Waals surface area contributed by atoms with E-state index in [-0.39, 0.29) is 5.91 Å². The van der Waals surface area contributed by atoms with Crippen LogP contribution in [0.15, 0.2) is 40.9 Å². The van der Waals surface area contributed by atoms with E-state index in [9.17, 15) is 4.79 Å². The number of nitrogens with one attached hydrogen (secondary N) is 1. The molecule has 0 atom stereocenters. The highest BCUT2D eigenvalue weighted by molar-refractivity contribution is 9.10. The van der Waals surface area contributed by atoms with Crippen LogP contribution in [0, 0.1) is 0 Å². The molecule has 0 unspecified atom stereocenters. The van der Waals surface area contributed by atoms with E-state index in [1.54, 1.807) is 14.2 Å². The van der Waals surface area contributed by atoms with Crippen LogP contribution in [0.3, 0.4) is 0 Å². The van der Waals surface area contributed by atoms with Crippen molar-refractivity contribution in [2.45, 2.75) is 0 Å². The van der Waals surface area contributed by atoms with Gasteiger partial charge < -0.3 is 14.8 Å². The topological polar surface area (TPSA) is 47.6 Å². The van der Waals surface area contributed by atoms with E-state index in [0.717, 1.165) is 21.3 Å². The summed E-state index contributed by atoms with van der Waals surface area (Å²) >= 11 is 3.41. The lowest BCUT2D eigenvalue weighted by atomic mass is 10.0. The van der Waals surface area contributed by atoms with Crippen molar-refractivity contribution >= 4 is 39.2 Å². The fourth-order valence-electron chi connectivity index (χ4n) is 2.42. The molecule has 0 saturated carbocycles. The lowest BCUT2D eigenvalue weighted by molar-refractivity contribution is -0.110. The highest BCUT2D eigenvalue weighted by Gasteiger charge is 2.24. The number of carbonyl (C=O) groups is 1. The summed E-state index contributed by atoms with van der Waals surface area (Å²) in [6.07, 6.45) is 1.84. The van der Waals surface area contributed by atoms with Crippen LogP contribution in [-0.2, 0) is 4.79 Å². The minimum Gasteiger partial charge on any atom is -0.493 e. The first kappa shape index (κ1) is 14.7. The number of ether oxygens (including phenoxy) is 2. The molecular weight excluding hydrogens is 346 g/mol. The normalized spacial score (nSPS) is 14.7. The third kappa shape index (κ3) is 2.60. The van der Waals surface area contributed by atoms with Crippen molar-refractivity contribution in [3.63, 3.8) is 0 Å². The summed E-state index contributed by atoms with van der Waals surface area (Å²) in [5.41, 5.74) is 3.21. The number of benzene rings is 2. The maximum Gasteiger partial charge on any atom is 0.256 e. The molecule has 112 valence electrons. The Hall–Kier alpha value is -2.27. The van der Waals surface area contributed by atoms with Gasteiger partial charge in [0.2, 0.25) is 0 Å². The summed E-state index contributed by atoms with van der Waals surface area (Å²) in [6, 6.07) is 11.3. The second-order valence-electron chi connectivity index (χ2n) is 4.82. The summed E-state index contributed by atoms with van der Waals surface area (Å²) in [5.74, 6) is 1.18. The minimum absolute atomic E-state index is 0.108. The zero-order valence-corrected chi connectivity index (χ0v) is 13.7. The Bertz CT molecular complexity index is 783. The van der Waals surface area contributed by atoms with Gasteiger partial charge in [0.1, 0.15) is 0 Å². The number of hydrogen-bond donors (Lipinski definition) is 1. The Morgan fingerprint density at radius 3 is 2.55 bits per heavy atom. The average molecular weight is 360 g/mol. The van der Waals surface area contributed by atoms with Crippen LogP contribution >= 0.6 is 15.9 Å². The van der Waals surface area contributed by atoms with Gasteiger partial charge in [0.15, 0.2) is 11.5 Å². The Labute approximate surface area is 136 Å². The Morgan fingerprint density at radius 1 is 1.05 bits per heavy atom. The largest absolute Gasteiger partial charge is 0.493 e. The molecule has 22 heavy (non-hydrogen) atoms. The van der Waals surface area contributed by atoms with Crippen molar-refractivity contribution in [2.24, 2.45) is 0 Å². The molecular formula is C17H14BrNO3. The van der Waals surface area contributed by atoms with Crippen LogP contribution in [-0.4, -0.2) is 20.1 Å². The Balaban J connectivity index is 2.04. The number of methoxy groups -OCH3 is 2. The predicted octanol–water partition coefficient (Wildman–Crippen LogP) is 3.96. The fourth-order valence-corrected chi connectivity index (χ4v) is 2.78.